The zero-order valence-corrected chi connectivity index (χ0v) is 74.5. The SMILES string of the molecule is CC(C)c1ccc2c(c1)C(C)(C)Cc1[nH]c(C(C)C)nc1-2.CC(C)c1ccc2c(c1)CCc1[nH]c(C(C)C)nc1-2.CC(C)c1ccc2c(ccc3[nH]c(C(C)C)nc32)c1.CC(C)c1nc2c([nH]1)CCc1cc(C(C)C)sc1-2.CC(C)c1nc2c(ccc3cc(C(C)C)sc32)[nH]1.CC(C)c1nc2ccc3[nH]c(C(C)C)ccc3c2n1. The molecule has 0 bridgehead atoms. The minimum Gasteiger partial charge on any atom is -0.358 e. The Morgan fingerprint density at radius 1 is 0.325 bits per heavy atom. The Morgan fingerprint density at radius 3 is 1.40 bits per heavy atom. The highest BCUT2D eigenvalue weighted by atomic mass is 32.1. The summed E-state index contributed by atoms with van der Waals surface area (Å²) in [5, 5.41) is 4.99. The highest BCUT2D eigenvalue weighted by molar-refractivity contribution is 7.20. The third kappa shape index (κ3) is 17.4. The molecule has 13 nitrogen and oxygen atoms in total. The van der Waals surface area contributed by atoms with E-state index in [1.807, 2.05) is 22.7 Å². The quantitative estimate of drug-likeness (QED) is 0.0703. The maximum Gasteiger partial charge on any atom is 0.132 e. The van der Waals surface area contributed by atoms with Gasteiger partial charge in [-0.3, -0.25) is 0 Å². The standard InChI is InChI=1S/C19H26N2.C17H22N2.C17H20N2.C16H19N3.C15H20N2S.C15H18N2S/c1-11(2)13-7-8-14-15(9-13)19(5,6)10-16-17(14)21-18(20-16)12(3)4;2*1-10(2)12-5-7-14-13(9-12)6-8-15-16(14)19-17(18-15)11(3)4;1-9(2)12-6-5-11-13(17-12)7-8-14-15(11)19-16(18-14)10(3)4;2*1-8(2)12-7-10-5-6-11-13(14(10)18-12)17-15(16-11)9(3)4/h7-9,11-12H,10H2,1-6H3,(H,20,21);5,7,9-11H,6,8H2,1-4H3,(H,18,19);5-11H,1-4H3,(H,18,19);5-10,17H,1-4H3;7-9H,5-6H2,1-4H3,(H,16,17);5-9H,1-4H3,(H,16,17). The largest absolute Gasteiger partial charge is 0.358 e. The van der Waals surface area contributed by atoms with Crippen LogP contribution in [0.15, 0.2) is 115 Å². The van der Waals surface area contributed by atoms with E-state index in [1.54, 1.807) is 0 Å². The lowest BCUT2D eigenvalue weighted by molar-refractivity contribution is 0.509. The predicted molar refractivity (Wildman–Crippen MR) is 487 cm³/mol. The first-order valence-electron chi connectivity index (χ1n) is 42.4. The number of thiophene rings is 2. The molecule has 0 radical (unpaired) electrons. The summed E-state index contributed by atoms with van der Waals surface area (Å²) in [6, 6.07) is 42.3. The smallest absolute Gasteiger partial charge is 0.132 e. The number of aromatic amines is 6. The summed E-state index contributed by atoms with van der Waals surface area (Å²) >= 11 is 3.81. The van der Waals surface area contributed by atoms with Crippen molar-refractivity contribution in [2.45, 2.75) is 289 Å². The van der Waals surface area contributed by atoms with Crippen LogP contribution < -0.4 is 0 Å². The molecule has 15 aromatic rings. The lowest BCUT2D eigenvalue weighted by atomic mass is 9.72. The number of nitrogens with one attached hydrogen (secondary N) is 6. The Kier molecular flexibility index (Phi) is 24.6. The van der Waals surface area contributed by atoms with Gasteiger partial charge in [-0.25, -0.2) is 34.9 Å². The van der Waals surface area contributed by atoms with Crippen LogP contribution in [-0.4, -0.2) is 64.8 Å². The minimum atomic E-state index is 0.161. The van der Waals surface area contributed by atoms with Gasteiger partial charge in [-0.1, -0.05) is 247 Å². The Hall–Kier alpha value is -9.31. The molecule has 0 spiro atoms. The molecule has 0 fully saturated rings. The van der Waals surface area contributed by atoms with Crippen LogP contribution in [-0.2, 0) is 37.5 Å². The zero-order chi connectivity index (χ0) is 81.8. The minimum absolute atomic E-state index is 0.161. The van der Waals surface area contributed by atoms with Crippen molar-refractivity contribution in [2.24, 2.45) is 0 Å². The molecule has 0 aliphatic heterocycles. The number of nitrogens with zero attached hydrogens (tertiary/aromatic N) is 7. The van der Waals surface area contributed by atoms with Crippen LogP contribution in [0.3, 0.4) is 0 Å². The average Bonchev–Trinajstić information content (AvgIpc) is 1.45. The molecule has 0 amide bonds. The topological polar surface area (TPSA) is 185 Å². The molecule has 598 valence electrons. The number of aryl methyl sites for hydroxylation is 4. The molecule has 0 saturated heterocycles. The fourth-order valence-electron chi connectivity index (χ4n) is 15.5. The second-order valence-corrected chi connectivity index (χ2v) is 38.8. The first-order chi connectivity index (χ1) is 54.1. The van der Waals surface area contributed by atoms with Crippen LogP contribution in [0.4, 0.5) is 0 Å². The van der Waals surface area contributed by atoms with Crippen molar-refractivity contribution in [1.82, 2.24) is 64.8 Å². The molecule has 6 aromatic carbocycles. The monoisotopic (exact) mass is 1560 g/mol. The van der Waals surface area contributed by atoms with Crippen molar-refractivity contribution in [2.75, 3.05) is 0 Å². The Bertz CT molecular complexity index is 5650. The van der Waals surface area contributed by atoms with E-state index < -0.39 is 0 Å². The van der Waals surface area contributed by atoms with E-state index in [9.17, 15) is 0 Å². The molecule has 15 heteroatoms. The van der Waals surface area contributed by atoms with Gasteiger partial charge in [0.25, 0.3) is 0 Å². The van der Waals surface area contributed by atoms with Gasteiger partial charge in [-0.05, 0) is 166 Å². The van der Waals surface area contributed by atoms with Crippen molar-refractivity contribution in [3.8, 4) is 33.1 Å². The average molecular weight is 1560 g/mol. The van der Waals surface area contributed by atoms with E-state index in [-0.39, 0.29) is 5.41 Å². The molecule has 18 rings (SSSR count). The van der Waals surface area contributed by atoms with Gasteiger partial charge in [0.1, 0.15) is 51.7 Å². The van der Waals surface area contributed by atoms with E-state index in [1.165, 1.54) is 120 Å². The number of aromatic nitrogens is 13. The molecule has 3 aliphatic carbocycles. The number of pyridine rings is 1. The molecule has 9 heterocycles. The summed E-state index contributed by atoms with van der Waals surface area (Å²) in [4.78, 5) is 58.5. The fraction of sp³-hybridized carbons (Fsp3) is 0.444. The van der Waals surface area contributed by atoms with Crippen LogP contribution in [0.5, 0.6) is 0 Å². The molecule has 6 N–H and O–H groups in total. The van der Waals surface area contributed by atoms with Crippen molar-refractivity contribution < 1.29 is 0 Å². The maximum absolute atomic E-state index is 4.88. The van der Waals surface area contributed by atoms with E-state index in [2.05, 4.69) is 335 Å². The molecule has 114 heavy (non-hydrogen) atoms. The van der Waals surface area contributed by atoms with E-state index in [0.29, 0.717) is 71.0 Å². The fourth-order valence-corrected chi connectivity index (χ4v) is 17.8. The first-order valence-corrected chi connectivity index (χ1v) is 44.0. The van der Waals surface area contributed by atoms with Gasteiger partial charge in [-0.15, -0.1) is 22.7 Å². The van der Waals surface area contributed by atoms with Crippen LogP contribution in [0, 0.1) is 0 Å². The van der Waals surface area contributed by atoms with Gasteiger partial charge >= 0.3 is 0 Å². The summed E-state index contributed by atoms with van der Waals surface area (Å²) in [5.41, 5.74) is 27.8. The summed E-state index contributed by atoms with van der Waals surface area (Å²) in [7, 11) is 0. The third-order valence-corrected chi connectivity index (χ3v) is 25.8. The van der Waals surface area contributed by atoms with E-state index >= 15 is 0 Å². The first kappa shape index (κ1) is 82.7. The number of benzene rings is 6. The van der Waals surface area contributed by atoms with E-state index in [4.69, 9.17) is 24.9 Å². The van der Waals surface area contributed by atoms with Gasteiger partial charge in [0.2, 0.25) is 0 Å². The van der Waals surface area contributed by atoms with Crippen LogP contribution >= 0.6 is 22.7 Å². The summed E-state index contributed by atoms with van der Waals surface area (Å²) in [6.45, 7) is 57.6. The molecule has 0 saturated carbocycles. The van der Waals surface area contributed by atoms with Crippen LogP contribution in [0.25, 0.3) is 97.9 Å². The number of imidazole rings is 6. The highest BCUT2D eigenvalue weighted by Crippen LogP contribution is 2.46. The summed E-state index contributed by atoms with van der Waals surface area (Å²) < 4.78 is 1.32. The lowest BCUT2D eigenvalue weighted by Crippen LogP contribution is -2.26. The lowest BCUT2D eigenvalue weighted by Gasteiger charge is -2.32. The normalized spacial score (nSPS) is 13.5. The van der Waals surface area contributed by atoms with Crippen molar-refractivity contribution in [3.63, 3.8) is 0 Å². The third-order valence-electron chi connectivity index (χ3n) is 22.8. The Morgan fingerprint density at radius 2 is 0.816 bits per heavy atom. The second-order valence-electron chi connectivity index (χ2n) is 36.6. The number of H-pyrrole nitrogens is 6. The predicted octanol–water partition coefficient (Wildman–Crippen LogP) is 28.4. The Labute approximate surface area is 685 Å². The molecular formula is C99H125N13S2. The Balaban J connectivity index is 0.000000119. The van der Waals surface area contributed by atoms with Crippen molar-refractivity contribution >= 4 is 87.5 Å². The summed E-state index contributed by atoms with van der Waals surface area (Å²) in [6.07, 6.45) is 5.52. The van der Waals surface area contributed by atoms with Gasteiger partial charge in [-0.2, -0.15) is 0 Å². The van der Waals surface area contributed by atoms with Crippen LogP contribution in [0.1, 0.15) is 352 Å². The molecular weight excluding hydrogens is 1440 g/mol. The number of fused-ring (bicyclic) bond motifs is 18. The molecule has 0 unspecified atom stereocenters. The molecule has 0 atom stereocenters. The van der Waals surface area contributed by atoms with Gasteiger partial charge in [0.05, 0.1) is 43.0 Å². The number of hydrogen-bond donors (Lipinski definition) is 6. The summed E-state index contributed by atoms with van der Waals surface area (Å²) in [5.74, 6) is 12.5. The van der Waals surface area contributed by atoms with Crippen molar-refractivity contribution in [3.05, 3.63) is 216 Å². The van der Waals surface area contributed by atoms with Crippen LogP contribution in [0.2, 0.25) is 0 Å². The number of hydrogen-bond acceptors (Lipinski definition) is 9. The maximum atomic E-state index is 4.88. The molecule has 9 aromatic heterocycles. The van der Waals surface area contributed by atoms with Gasteiger partial charge in [0, 0.05) is 95.5 Å². The van der Waals surface area contributed by atoms with Gasteiger partial charge < -0.3 is 29.9 Å². The zero-order valence-electron chi connectivity index (χ0n) is 72.9. The highest BCUT2D eigenvalue weighted by Gasteiger charge is 2.34. The van der Waals surface area contributed by atoms with Crippen molar-refractivity contribution in [1.29, 1.82) is 0 Å². The van der Waals surface area contributed by atoms with E-state index in [0.717, 1.165) is 111 Å². The number of rotatable bonds is 12. The second kappa shape index (κ2) is 33.9. The molecule has 3 aliphatic rings. The van der Waals surface area contributed by atoms with Gasteiger partial charge in [0.15, 0.2) is 0 Å².